The zero-order chi connectivity index (χ0) is 13.8. The Kier molecular flexibility index (Phi) is 4.56. The summed E-state index contributed by atoms with van der Waals surface area (Å²) in [4.78, 5) is 11.3. The van der Waals surface area contributed by atoms with Gasteiger partial charge in [-0.3, -0.25) is 4.79 Å². The number of carbonyl (C=O) groups is 1. The first-order valence-corrected chi connectivity index (χ1v) is 7.40. The summed E-state index contributed by atoms with van der Waals surface area (Å²) in [6.45, 7) is 2.02. The fourth-order valence-electron chi connectivity index (χ4n) is 2.28. The number of aliphatic carboxylic acids is 1. The van der Waals surface area contributed by atoms with Crippen molar-refractivity contribution < 1.29 is 15.0 Å². The Hall–Kier alpha value is -1.39. The number of rotatable bonds is 6. The minimum absolute atomic E-state index is 0.511. The van der Waals surface area contributed by atoms with Crippen molar-refractivity contribution in [3.05, 3.63) is 35.2 Å². The second-order valence-corrected chi connectivity index (χ2v) is 5.63. The van der Waals surface area contributed by atoms with E-state index < -0.39 is 18.0 Å². The van der Waals surface area contributed by atoms with Gasteiger partial charge in [-0.15, -0.1) is 11.3 Å². The molecule has 0 saturated carbocycles. The van der Waals surface area contributed by atoms with Gasteiger partial charge in [-0.1, -0.05) is 38.0 Å². The SMILES string of the molecule is CCCCC(C(=O)O)C(O)c1csc2ccccc12. The van der Waals surface area contributed by atoms with Gasteiger partial charge in [-0.05, 0) is 28.8 Å². The number of carboxylic acid groups (broad SMARTS) is 1. The lowest BCUT2D eigenvalue weighted by molar-refractivity contribution is -0.146. The zero-order valence-corrected chi connectivity index (χ0v) is 11.7. The van der Waals surface area contributed by atoms with Crippen LogP contribution in [0.1, 0.15) is 37.9 Å². The summed E-state index contributed by atoms with van der Waals surface area (Å²) in [5, 5.41) is 22.5. The molecule has 1 aromatic carbocycles. The van der Waals surface area contributed by atoms with Crippen molar-refractivity contribution in [2.75, 3.05) is 0 Å². The van der Waals surface area contributed by atoms with Gasteiger partial charge in [0.15, 0.2) is 0 Å². The van der Waals surface area contributed by atoms with Crippen LogP contribution in [0.4, 0.5) is 0 Å². The van der Waals surface area contributed by atoms with Gasteiger partial charge in [0.1, 0.15) is 0 Å². The summed E-state index contributed by atoms with van der Waals surface area (Å²) in [6, 6.07) is 7.77. The molecule has 19 heavy (non-hydrogen) atoms. The molecule has 1 heterocycles. The Balaban J connectivity index is 2.30. The van der Waals surface area contributed by atoms with E-state index in [4.69, 9.17) is 0 Å². The van der Waals surface area contributed by atoms with Gasteiger partial charge in [-0.25, -0.2) is 0 Å². The Morgan fingerprint density at radius 1 is 1.37 bits per heavy atom. The van der Waals surface area contributed by atoms with Crippen LogP contribution in [0.5, 0.6) is 0 Å². The molecule has 102 valence electrons. The zero-order valence-electron chi connectivity index (χ0n) is 10.9. The summed E-state index contributed by atoms with van der Waals surface area (Å²) in [7, 11) is 0. The summed E-state index contributed by atoms with van der Waals surface area (Å²) in [6.07, 6.45) is 1.33. The molecule has 2 rings (SSSR count). The molecule has 0 aliphatic rings. The molecule has 2 atom stereocenters. The van der Waals surface area contributed by atoms with Crippen LogP contribution in [-0.2, 0) is 4.79 Å². The molecule has 1 aromatic heterocycles. The van der Waals surface area contributed by atoms with E-state index in [9.17, 15) is 15.0 Å². The number of hydrogen-bond acceptors (Lipinski definition) is 3. The van der Waals surface area contributed by atoms with Crippen molar-refractivity contribution in [1.29, 1.82) is 0 Å². The topological polar surface area (TPSA) is 57.5 Å². The van der Waals surface area contributed by atoms with Gasteiger partial charge >= 0.3 is 5.97 Å². The molecular weight excluding hydrogens is 260 g/mol. The Labute approximate surface area is 116 Å². The van der Waals surface area contributed by atoms with Crippen molar-refractivity contribution >= 4 is 27.4 Å². The summed E-state index contributed by atoms with van der Waals surface area (Å²) in [5.41, 5.74) is 0.740. The Morgan fingerprint density at radius 3 is 2.79 bits per heavy atom. The van der Waals surface area contributed by atoms with Crippen LogP contribution in [0.3, 0.4) is 0 Å². The lowest BCUT2D eigenvalue weighted by atomic mass is 9.91. The van der Waals surface area contributed by atoms with Crippen molar-refractivity contribution in [3.63, 3.8) is 0 Å². The number of fused-ring (bicyclic) bond motifs is 1. The first-order chi connectivity index (χ1) is 9.15. The molecule has 0 bridgehead atoms. The van der Waals surface area contributed by atoms with E-state index in [1.54, 1.807) is 11.3 Å². The van der Waals surface area contributed by atoms with Gasteiger partial charge in [0.05, 0.1) is 12.0 Å². The van der Waals surface area contributed by atoms with Gasteiger partial charge in [0, 0.05) is 4.70 Å². The largest absolute Gasteiger partial charge is 0.481 e. The smallest absolute Gasteiger partial charge is 0.309 e. The van der Waals surface area contributed by atoms with Gasteiger partial charge in [0.2, 0.25) is 0 Å². The number of hydrogen-bond donors (Lipinski definition) is 2. The summed E-state index contributed by atoms with van der Waals surface area (Å²) >= 11 is 1.54. The predicted molar refractivity (Wildman–Crippen MR) is 77.4 cm³/mol. The van der Waals surface area contributed by atoms with E-state index in [1.807, 2.05) is 36.6 Å². The van der Waals surface area contributed by atoms with E-state index >= 15 is 0 Å². The third kappa shape index (κ3) is 2.96. The minimum atomic E-state index is -0.930. The number of thiophene rings is 1. The fraction of sp³-hybridized carbons (Fsp3) is 0.400. The summed E-state index contributed by atoms with van der Waals surface area (Å²) < 4.78 is 1.08. The van der Waals surface area contributed by atoms with Crippen molar-refractivity contribution in [2.24, 2.45) is 5.92 Å². The Morgan fingerprint density at radius 2 is 2.11 bits per heavy atom. The highest BCUT2D eigenvalue weighted by atomic mass is 32.1. The second-order valence-electron chi connectivity index (χ2n) is 4.72. The van der Waals surface area contributed by atoms with E-state index in [1.165, 1.54) is 0 Å². The summed E-state index contributed by atoms with van der Waals surface area (Å²) in [5.74, 6) is -1.64. The first kappa shape index (κ1) is 14.0. The van der Waals surface area contributed by atoms with Crippen LogP contribution in [0.2, 0.25) is 0 Å². The molecule has 2 N–H and O–H groups in total. The predicted octanol–water partition coefficient (Wildman–Crippen LogP) is 3.83. The highest BCUT2D eigenvalue weighted by molar-refractivity contribution is 7.17. The first-order valence-electron chi connectivity index (χ1n) is 6.52. The van der Waals surface area contributed by atoms with Crippen LogP contribution in [-0.4, -0.2) is 16.2 Å². The lowest BCUT2D eigenvalue weighted by Gasteiger charge is -2.18. The molecule has 4 heteroatoms. The standard InChI is InChI=1S/C15H18O3S/c1-2-3-6-11(15(17)18)14(16)12-9-19-13-8-5-4-7-10(12)13/h4-5,7-9,11,14,16H,2-3,6H2,1H3,(H,17,18). The van der Waals surface area contributed by atoms with Gasteiger partial charge in [0.25, 0.3) is 0 Å². The van der Waals surface area contributed by atoms with E-state index in [2.05, 4.69) is 0 Å². The number of aliphatic hydroxyl groups excluding tert-OH is 1. The van der Waals surface area contributed by atoms with Gasteiger partial charge < -0.3 is 10.2 Å². The van der Waals surface area contributed by atoms with E-state index in [0.717, 1.165) is 28.5 Å². The highest BCUT2D eigenvalue weighted by Gasteiger charge is 2.28. The van der Waals surface area contributed by atoms with Gasteiger partial charge in [-0.2, -0.15) is 0 Å². The van der Waals surface area contributed by atoms with E-state index in [0.29, 0.717) is 6.42 Å². The molecule has 0 aliphatic carbocycles. The molecule has 0 saturated heterocycles. The van der Waals surface area contributed by atoms with Crippen LogP contribution >= 0.6 is 11.3 Å². The quantitative estimate of drug-likeness (QED) is 0.844. The average molecular weight is 278 g/mol. The average Bonchev–Trinajstić information content (AvgIpc) is 2.82. The molecule has 0 amide bonds. The fourth-order valence-corrected chi connectivity index (χ4v) is 3.27. The number of unbranched alkanes of at least 4 members (excludes halogenated alkanes) is 1. The maximum absolute atomic E-state index is 11.3. The molecule has 0 spiro atoms. The number of benzene rings is 1. The van der Waals surface area contributed by atoms with Crippen molar-refractivity contribution in [1.82, 2.24) is 0 Å². The molecule has 2 aromatic rings. The maximum Gasteiger partial charge on any atom is 0.309 e. The van der Waals surface area contributed by atoms with Crippen LogP contribution in [0.25, 0.3) is 10.1 Å². The highest BCUT2D eigenvalue weighted by Crippen LogP contribution is 2.35. The maximum atomic E-state index is 11.3. The minimum Gasteiger partial charge on any atom is -0.481 e. The van der Waals surface area contributed by atoms with Crippen LogP contribution < -0.4 is 0 Å². The van der Waals surface area contributed by atoms with Crippen LogP contribution in [0.15, 0.2) is 29.6 Å². The third-order valence-corrected chi connectivity index (χ3v) is 4.38. The molecular formula is C15H18O3S. The molecule has 2 unspecified atom stereocenters. The number of aliphatic hydroxyl groups is 1. The normalized spacial score (nSPS) is 14.4. The number of carboxylic acids is 1. The molecule has 0 radical (unpaired) electrons. The van der Waals surface area contributed by atoms with Crippen molar-refractivity contribution in [2.45, 2.75) is 32.3 Å². The van der Waals surface area contributed by atoms with Crippen molar-refractivity contribution in [3.8, 4) is 0 Å². The molecule has 0 fully saturated rings. The second kappa shape index (κ2) is 6.17. The van der Waals surface area contributed by atoms with E-state index in [-0.39, 0.29) is 0 Å². The molecule has 0 aliphatic heterocycles. The third-order valence-electron chi connectivity index (χ3n) is 3.40. The lowest BCUT2D eigenvalue weighted by Crippen LogP contribution is -2.21. The monoisotopic (exact) mass is 278 g/mol. The Bertz CT molecular complexity index is 561. The van der Waals surface area contributed by atoms with Crippen LogP contribution in [0, 0.1) is 5.92 Å². The molecule has 3 nitrogen and oxygen atoms in total.